The Balaban J connectivity index is 0.00000180. The van der Waals surface area contributed by atoms with Crippen LogP contribution in [0.1, 0.15) is 12.8 Å². The smallest absolute Gasteiger partial charge is 0.244 e. The van der Waals surface area contributed by atoms with Crippen LogP contribution in [0.15, 0.2) is 29.2 Å². The maximum Gasteiger partial charge on any atom is 0.244 e. The van der Waals surface area contributed by atoms with Crippen molar-refractivity contribution in [2.75, 3.05) is 20.1 Å². The third kappa shape index (κ3) is 3.61. The molecule has 1 N–H and O–H groups in total. The lowest BCUT2D eigenvalue weighted by Crippen LogP contribution is -2.46. The van der Waals surface area contributed by atoms with Crippen molar-refractivity contribution < 1.29 is 8.42 Å². The van der Waals surface area contributed by atoms with Crippen molar-refractivity contribution in [3.63, 3.8) is 0 Å². The van der Waals surface area contributed by atoms with Gasteiger partial charge in [-0.05, 0) is 32.0 Å². The lowest BCUT2D eigenvalue weighted by molar-refractivity contribution is 0.293. The van der Waals surface area contributed by atoms with Crippen LogP contribution < -0.4 is 5.32 Å². The fraction of sp³-hybridized carbons (Fsp3) is 0.500. The Labute approximate surface area is 125 Å². The largest absolute Gasteiger partial charge is 0.316 e. The number of nitrogens with one attached hydrogen (secondary N) is 1. The average Bonchev–Trinajstić information content (AvgIpc) is 2.39. The predicted octanol–water partition coefficient (Wildman–Crippen LogP) is 2.13. The number of nitrogens with zero attached hydrogens (tertiary/aromatic N) is 1. The van der Waals surface area contributed by atoms with E-state index in [-0.39, 0.29) is 28.4 Å². The summed E-state index contributed by atoms with van der Waals surface area (Å²) >= 11 is 5.98. The minimum Gasteiger partial charge on any atom is -0.316 e. The molecular weight excluding hydrogens is 307 g/mol. The second kappa shape index (κ2) is 6.90. The van der Waals surface area contributed by atoms with Gasteiger partial charge in [-0.25, -0.2) is 8.42 Å². The van der Waals surface area contributed by atoms with Crippen molar-refractivity contribution in [3.8, 4) is 0 Å². The van der Waals surface area contributed by atoms with Crippen LogP contribution in [0, 0.1) is 0 Å². The first-order valence-electron chi connectivity index (χ1n) is 5.97. The zero-order valence-corrected chi connectivity index (χ0v) is 13.1. The Bertz CT molecular complexity index is 522. The molecule has 1 saturated heterocycles. The second-order valence-corrected chi connectivity index (χ2v) is 6.73. The molecule has 1 atom stereocenters. The highest BCUT2D eigenvalue weighted by molar-refractivity contribution is 7.89. The molecule has 108 valence electrons. The van der Waals surface area contributed by atoms with Crippen LogP contribution in [-0.2, 0) is 10.0 Å². The molecule has 0 bridgehead atoms. The van der Waals surface area contributed by atoms with E-state index < -0.39 is 10.0 Å². The molecule has 0 spiro atoms. The van der Waals surface area contributed by atoms with E-state index in [4.69, 9.17) is 11.6 Å². The highest BCUT2D eigenvalue weighted by Gasteiger charge is 2.30. The highest BCUT2D eigenvalue weighted by Crippen LogP contribution is 2.26. The van der Waals surface area contributed by atoms with E-state index in [2.05, 4.69) is 5.32 Å². The SMILES string of the molecule is CNC1CCCN(S(=O)(=O)c2ccccc2Cl)C1.Cl. The summed E-state index contributed by atoms with van der Waals surface area (Å²) in [5, 5.41) is 3.41. The van der Waals surface area contributed by atoms with Gasteiger partial charge < -0.3 is 5.32 Å². The number of rotatable bonds is 3. The minimum absolute atomic E-state index is 0. The summed E-state index contributed by atoms with van der Waals surface area (Å²) in [6, 6.07) is 6.80. The van der Waals surface area contributed by atoms with Crippen LogP contribution in [-0.4, -0.2) is 38.9 Å². The number of benzene rings is 1. The predicted molar refractivity (Wildman–Crippen MR) is 79.5 cm³/mol. The van der Waals surface area contributed by atoms with Crippen LogP contribution in [0.2, 0.25) is 5.02 Å². The monoisotopic (exact) mass is 324 g/mol. The van der Waals surface area contributed by atoms with E-state index in [1.165, 1.54) is 4.31 Å². The number of piperidine rings is 1. The van der Waals surface area contributed by atoms with Gasteiger partial charge in [0.25, 0.3) is 0 Å². The molecule has 1 aromatic rings. The first-order valence-corrected chi connectivity index (χ1v) is 7.79. The maximum atomic E-state index is 12.5. The molecule has 0 radical (unpaired) electrons. The molecule has 1 aliphatic rings. The van der Waals surface area contributed by atoms with Gasteiger partial charge in [0.2, 0.25) is 10.0 Å². The molecule has 19 heavy (non-hydrogen) atoms. The summed E-state index contributed by atoms with van der Waals surface area (Å²) in [6.45, 7) is 1.07. The van der Waals surface area contributed by atoms with Gasteiger partial charge in [0, 0.05) is 19.1 Å². The van der Waals surface area contributed by atoms with E-state index in [1.807, 2.05) is 7.05 Å². The molecule has 1 fully saturated rings. The van der Waals surface area contributed by atoms with Crippen molar-refractivity contribution in [2.45, 2.75) is 23.8 Å². The normalized spacial score (nSPS) is 20.8. The van der Waals surface area contributed by atoms with Crippen LogP contribution >= 0.6 is 24.0 Å². The molecule has 1 unspecified atom stereocenters. The fourth-order valence-electron chi connectivity index (χ4n) is 2.19. The van der Waals surface area contributed by atoms with Crippen LogP contribution in [0.5, 0.6) is 0 Å². The summed E-state index contributed by atoms with van der Waals surface area (Å²) in [6.07, 6.45) is 1.88. The number of halogens is 2. The highest BCUT2D eigenvalue weighted by atomic mass is 35.5. The molecule has 1 aromatic carbocycles. The summed E-state index contributed by atoms with van der Waals surface area (Å²) in [5.74, 6) is 0. The van der Waals surface area contributed by atoms with Gasteiger partial charge in [-0.15, -0.1) is 12.4 Å². The van der Waals surface area contributed by atoms with Gasteiger partial charge in [-0.3, -0.25) is 0 Å². The molecule has 2 rings (SSSR count). The zero-order chi connectivity index (χ0) is 13.2. The zero-order valence-electron chi connectivity index (χ0n) is 10.7. The van der Waals surface area contributed by atoms with Crippen molar-refractivity contribution >= 4 is 34.0 Å². The van der Waals surface area contributed by atoms with Gasteiger partial charge in [-0.1, -0.05) is 23.7 Å². The lowest BCUT2D eigenvalue weighted by atomic mass is 10.1. The third-order valence-corrected chi connectivity index (χ3v) is 5.61. The third-order valence-electron chi connectivity index (χ3n) is 3.25. The number of likely N-dealkylation sites (N-methyl/N-ethyl adjacent to an activating group) is 1. The van der Waals surface area contributed by atoms with E-state index in [0.717, 1.165) is 12.8 Å². The van der Waals surface area contributed by atoms with Crippen LogP contribution in [0.4, 0.5) is 0 Å². The van der Waals surface area contributed by atoms with E-state index in [9.17, 15) is 8.42 Å². The molecule has 0 saturated carbocycles. The lowest BCUT2D eigenvalue weighted by Gasteiger charge is -2.31. The second-order valence-electron chi connectivity index (χ2n) is 4.42. The first-order chi connectivity index (χ1) is 8.55. The van der Waals surface area contributed by atoms with E-state index in [1.54, 1.807) is 24.3 Å². The van der Waals surface area contributed by atoms with Gasteiger partial charge >= 0.3 is 0 Å². The van der Waals surface area contributed by atoms with Crippen molar-refractivity contribution in [2.24, 2.45) is 0 Å². The maximum absolute atomic E-state index is 12.5. The molecule has 1 heterocycles. The Morgan fingerprint density at radius 1 is 1.37 bits per heavy atom. The number of sulfonamides is 1. The van der Waals surface area contributed by atoms with Crippen molar-refractivity contribution in [1.82, 2.24) is 9.62 Å². The van der Waals surface area contributed by atoms with Crippen molar-refractivity contribution in [1.29, 1.82) is 0 Å². The molecule has 0 aliphatic carbocycles. The molecule has 0 aromatic heterocycles. The number of hydrogen-bond acceptors (Lipinski definition) is 3. The van der Waals surface area contributed by atoms with E-state index >= 15 is 0 Å². The van der Waals surface area contributed by atoms with Gasteiger partial charge in [0.05, 0.1) is 5.02 Å². The summed E-state index contributed by atoms with van der Waals surface area (Å²) < 4.78 is 26.5. The first kappa shape index (κ1) is 16.7. The van der Waals surface area contributed by atoms with Crippen molar-refractivity contribution in [3.05, 3.63) is 29.3 Å². The Kier molecular flexibility index (Phi) is 6.08. The van der Waals surface area contributed by atoms with Gasteiger partial charge in [-0.2, -0.15) is 4.31 Å². The summed E-state index contributed by atoms with van der Waals surface area (Å²) in [4.78, 5) is 0.198. The topological polar surface area (TPSA) is 49.4 Å². The Hall–Kier alpha value is -0.330. The summed E-state index contributed by atoms with van der Waals surface area (Å²) in [7, 11) is -1.62. The Morgan fingerprint density at radius 3 is 2.68 bits per heavy atom. The molecule has 0 amide bonds. The van der Waals surface area contributed by atoms with Crippen LogP contribution in [0.25, 0.3) is 0 Å². The fourth-order valence-corrected chi connectivity index (χ4v) is 4.21. The summed E-state index contributed by atoms with van der Waals surface area (Å²) in [5.41, 5.74) is 0. The molecule has 4 nitrogen and oxygen atoms in total. The quantitative estimate of drug-likeness (QED) is 0.926. The van der Waals surface area contributed by atoms with Gasteiger partial charge in [0.15, 0.2) is 0 Å². The number of hydrogen-bond donors (Lipinski definition) is 1. The average molecular weight is 325 g/mol. The van der Waals surface area contributed by atoms with Crippen LogP contribution in [0.3, 0.4) is 0 Å². The molecule has 7 heteroatoms. The minimum atomic E-state index is -3.47. The van der Waals surface area contributed by atoms with Gasteiger partial charge in [0.1, 0.15) is 4.90 Å². The standard InChI is InChI=1S/C12H17ClN2O2S.ClH/c1-14-10-5-4-8-15(9-10)18(16,17)12-7-3-2-6-11(12)13;/h2-3,6-7,10,14H,4-5,8-9H2,1H3;1H. The Morgan fingerprint density at radius 2 is 2.05 bits per heavy atom. The molecule has 1 aliphatic heterocycles. The molecular formula is C12H18Cl2N2O2S. The van der Waals surface area contributed by atoms with E-state index in [0.29, 0.717) is 13.1 Å².